The maximum atomic E-state index is 12.6. The zero-order valence-electron chi connectivity index (χ0n) is 18.1. The van der Waals surface area contributed by atoms with Crippen LogP contribution in [0.2, 0.25) is 0 Å². The Morgan fingerprint density at radius 1 is 1.03 bits per heavy atom. The summed E-state index contributed by atoms with van der Waals surface area (Å²) >= 11 is 3.47. The maximum absolute atomic E-state index is 12.6. The molecule has 0 aliphatic rings. The molecule has 4 rings (SSSR count). The fourth-order valence-corrected chi connectivity index (χ4v) is 4.01. The number of nitrogens with one attached hydrogen (secondary N) is 2. The number of H-pyrrole nitrogens is 1. The molecule has 1 amide bonds. The molecule has 0 fully saturated rings. The molecule has 10 heteroatoms. The van der Waals surface area contributed by atoms with Crippen molar-refractivity contribution in [3.8, 4) is 0 Å². The molecule has 4 aromatic rings. The summed E-state index contributed by atoms with van der Waals surface area (Å²) in [7, 11) is 0. The average molecular weight is 513 g/mol. The van der Waals surface area contributed by atoms with Gasteiger partial charge in [-0.2, -0.15) is 0 Å². The van der Waals surface area contributed by atoms with Gasteiger partial charge < -0.3 is 10.1 Å². The van der Waals surface area contributed by atoms with Crippen LogP contribution in [0, 0.1) is 0 Å². The Kier molecular flexibility index (Phi) is 5.71. The highest BCUT2D eigenvalue weighted by atomic mass is 79.9. The minimum absolute atomic E-state index is 0.236. The first kappa shape index (κ1) is 22.5. The predicted molar refractivity (Wildman–Crippen MR) is 129 cm³/mol. The summed E-state index contributed by atoms with van der Waals surface area (Å²) in [5.41, 5.74) is -0.510. The van der Waals surface area contributed by atoms with Crippen molar-refractivity contribution in [3.05, 3.63) is 73.8 Å². The molecule has 0 aliphatic heterocycles. The number of anilines is 1. The van der Waals surface area contributed by atoms with Crippen LogP contribution in [0.4, 0.5) is 10.5 Å². The van der Waals surface area contributed by atoms with Crippen LogP contribution in [-0.2, 0) is 16.1 Å². The van der Waals surface area contributed by atoms with Crippen LogP contribution in [-0.4, -0.2) is 31.9 Å². The Hall–Kier alpha value is -3.66. The van der Waals surface area contributed by atoms with Gasteiger partial charge in [0.05, 0.1) is 26.4 Å². The third-order valence-corrected chi connectivity index (χ3v) is 5.71. The normalized spacial score (nSPS) is 11.6. The van der Waals surface area contributed by atoms with E-state index >= 15 is 0 Å². The molecule has 2 aromatic heterocycles. The van der Waals surface area contributed by atoms with Gasteiger partial charge in [-0.15, -0.1) is 0 Å². The van der Waals surface area contributed by atoms with Crippen LogP contribution in [0.15, 0.2) is 62.7 Å². The number of halogens is 1. The second-order valence-electron chi connectivity index (χ2n) is 8.45. The number of benzene rings is 2. The molecule has 2 aromatic carbocycles. The number of aromatic amines is 1. The Bertz CT molecular complexity index is 1520. The molecule has 2 heterocycles. The molecule has 0 spiro atoms. The number of carbonyl (C=O) groups is 2. The van der Waals surface area contributed by atoms with Gasteiger partial charge in [0.25, 0.3) is 11.1 Å². The molecule has 0 atom stereocenters. The van der Waals surface area contributed by atoms with E-state index in [-0.39, 0.29) is 17.3 Å². The fraction of sp³-hybridized carbons (Fsp3) is 0.217. The molecule has 0 bridgehead atoms. The third kappa shape index (κ3) is 4.47. The fourth-order valence-electron chi connectivity index (χ4n) is 3.44. The van der Waals surface area contributed by atoms with E-state index in [2.05, 4.69) is 26.3 Å². The van der Waals surface area contributed by atoms with Crippen molar-refractivity contribution in [2.75, 3.05) is 5.32 Å². The highest BCUT2D eigenvalue weighted by Gasteiger charge is 2.20. The van der Waals surface area contributed by atoms with Crippen LogP contribution in [0.3, 0.4) is 0 Å². The molecule has 0 aliphatic carbocycles. The first-order valence-corrected chi connectivity index (χ1v) is 10.9. The number of hydrogen-bond donors (Lipinski definition) is 2. The number of fused-ring (bicyclic) bond motifs is 2. The summed E-state index contributed by atoms with van der Waals surface area (Å²) < 4.78 is 8.35. The SMILES string of the molecule is CC(C)(C)OC(=O)n1ccc2c(Br)c(NC(=O)Cn3[nH]c(=O)c4ccccc4c3=O)ccc21. The number of amides is 1. The second kappa shape index (κ2) is 8.36. The second-order valence-corrected chi connectivity index (χ2v) is 9.24. The van der Waals surface area contributed by atoms with E-state index in [4.69, 9.17) is 4.74 Å². The van der Waals surface area contributed by atoms with E-state index in [9.17, 15) is 19.2 Å². The molecule has 33 heavy (non-hydrogen) atoms. The average Bonchev–Trinajstić information content (AvgIpc) is 3.18. The molecule has 0 saturated carbocycles. The monoisotopic (exact) mass is 512 g/mol. The van der Waals surface area contributed by atoms with Crippen LogP contribution < -0.4 is 16.4 Å². The van der Waals surface area contributed by atoms with Gasteiger partial charge in [-0.25, -0.2) is 9.48 Å². The lowest BCUT2D eigenvalue weighted by molar-refractivity contribution is -0.117. The van der Waals surface area contributed by atoms with Gasteiger partial charge in [0.1, 0.15) is 12.1 Å². The largest absolute Gasteiger partial charge is 0.443 e. The molecule has 0 saturated heterocycles. The number of aromatic nitrogens is 3. The van der Waals surface area contributed by atoms with Crippen LogP contribution >= 0.6 is 15.9 Å². The first-order valence-electron chi connectivity index (χ1n) is 10.1. The molecule has 0 unspecified atom stereocenters. The zero-order valence-corrected chi connectivity index (χ0v) is 19.7. The smallest absolute Gasteiger partial charge is 0.418 e. The Labute approximate surface area is 196 Å². The molecule has 9 nitrogen and oxygen atoms in total. The number of carbonyl (C=O) groups excluding carboxylic acids is 2. The number of rotatable bonds is 3. The number of nitrogens with zero attached hydrogens (tertiary/aromatic N) is 2. The molecule has 2 N–H and O–H groups in total. The standard InChI is InChI=1S/C23H21BrN4O5/c1-23(2,3)33-22(32)27-11-10-15-17(27)9-8-16(19(15)24)25-18(29)12-28-21(31)14-7-5-4-6-13(14)20(30)26-28/h4-11H,12H2,1-3H3,(H,25,29)(H,26,30). The maximum Gasteiger partial charge on any atom is 0.418 e. The quantitative estimate of drug-likeness (QED) is 0.432. The van der Waals surface area contributed by atoms with Gasteiger partial charge in [0, 0.05) is 11.6 Å². The lowest BCUT2D eigenvalue weighted by Crippen LogP contribution is -2.34. The zero-order chi connectivity index (χ0) is 23.9. The van der Waals surface area contributed by atoms with Crippen LogP contribution in [0.5, 0.6) is 0 Å². The van der Waals surface area contributed by atoms with Crippen molar-refractivity contribution in [2.45, 2.75) is 32.9 Å². The summed E-state index contributed by atoms with van der Waals surface area (Å²) in [6, 6.07) is 11.5. The van der Waals surface area contributed by atoms with E-state index < -0.39 is 28.7 Å². The van der Waals surface area contributed by atoms with Crippen molar-refractivity contribution in [1.82, 2.24) is 14.3 Å². The van der Waals surface area contributed by atoms with Gasteiger partial charge >= 0.3 is 6.09 Å². The first-order chi connectivity index (χ1) is 15.5. The van der Waals surface area contributed by atoms with Crippen molar-refractivity contribution >= 4 is 55.3 Å². The van der Waals surface area contributed by atoms with Crippen molar-refractivity contribution in [3.63, 3.8) is 0 Å². The predicted octanol–water partition coefficient (Wildman–Crippen LogP) is 3.83. The number of ether oxygens (including phenoxy) is 1. The van der Waals surface area contributed by atoms with E-state index in [1.807, 2.05) is 0 Å². The van der Waals surface area contributed by atoms with Crippen LogP contribution in [0.25, 0.3) is 21.7 Å². The van der Waals surface area contributed by atoms with Gasteiger partial charge in [-0.1, -0.05) is 12.1 Å². The molecule has 0 radical (unpaired) electrons. The van der Waals surface area contributed by atoms with Crippen molar-refractivity contribution in [1.29, 1.82) is 0 Å². The minimum atomic E-state index is -0.638. The molecular formula is C23H21BrN4O5. The summed E-state index contributed by atoms with van der Waals surface area (Å²) in [6.07, 6.45) is 1.08. The highest BCUT2D eigenvalue weighted by Crippen LogP contribution is 2.32. The van der Waals surface area contributed by atoms with E-state index in [1.165, 1.54) is 4.57 Å². The highest BCUT2D eigenvalue weighted by molar-refractivity contribution is 9.10. The summed E-state index contributed by atoms with van der Waals surface area (Å²) in [6.45, 7) is 4.99. The van der Waals surface area contributed by atoms with Crippen molar-refractivity contribution < 1.29 is 14.3 Å². The van der Waals surface area contributed by atoms with E-state index in [1.54, 1.807) is 69.4 Å². The topological polar surface area (TPSA) is 115 Å². The molecule has 170 valence electrons. The van der Waals surface area contributed by atoms with Gasteiger partial charge in [0.15, 0.2) is 0 Å². The molecular weight excluding hydrogens is 492 g/mol. The summed E-state index contributed by atoms with van der Waals surface area (Å²) in [5, 5.41) is 6.36. The summed E-state index contributed by atoms with van der Waals surface area (Å²) in [5.74, 6) is -0.505. The van der Waals surface area contributed by atoms with Gasteiger partial charge in [-0.3, -0.25) is 24.0 Å². The van der Waals surface area contributed by atoms with E-state index in [0.29, 0.717) is 21.1 Å². The van der Waals surface area contributed by atoms with Gasteiger partial charge in [-0.05, 0) is 67.0 Å². The number of hydrogen-bond acceptors (Lipinski definition) is 5. The van der Waals surface area contributed by atoms with Crippen LogP contribution in [0.1, 0.15) is 20.8 Å². The Balaban J connectivity index is 1.59. The lowest BCUT2D eigenvalue weighted by atomic mass is 10.2. The minimum Gasteiger partial charge on any atom is -0.443 e. The lowest BCUT2D eigenvalue weighted by Gasteiger charge is -2.19. The van der Waals surface area contributed by atoms with Gasteiger partial charge in [0.2, 0.25) is 5.91 Å². The summed E-state index contributed by atoms with van der Waals surface area (Å²) in [4.78, 5) is 50.0. The van der Waals surface area contributed by atoms with E-state index in [0.717, 1.165) is 4.68 Å². The Morgan fingerprint density at radius 3 is 2.42 bits per heavy atom. The third-order valence-electron chi connectivity index (χ3n) is 4.86. The Morgan fingerprint density at radius 2 is 1.73 bits per heavy atom. The van der Waals surface area contributed by atoms with Crippen molar-refractivity contribution in [2.24, 2.45) is 0 Å².